The summed E-state index contributed by atoms with van der Waals surface area (Å²) in [5, 5.41) is 14.9. The van der Waals surface area contributed by atoms with E-state index in [1.54, 1.807) is 19.1 Å². The fourth-order valence-electron chi connectivity index (χ4n) is 1.86. The van der Waals surface area contributed by atoms with Crippen molar-refractivity contribution in [1.29, 1.82) is 0 Å². The Balaban J connectivity index is 2.40. The largest absolute Gasteiger partial charge is 0.487 e. The molecule has 112 valence electrons. The Morgan fingerprint density at radius 1 is 1.48 bits per heavy atom. The summed E-state index contributed by atoms with van der Waals surface area (Å²) in [5.74, 6) is 0.859. The fourth-order valence-corrected chi connectivity index (χ4v) is 1.86. The molecular weight excluding hydrogens is 276 g/mol. The van der Waals surface area contributed by atoms with E-state index in [4.69, 9.17) is 15.0 Å². The first-order valence-electron chi connectivity index (χ1n) is 6.60. The molecule has 0 aliphatic heterocycles. The lowest BCUT2D eigenvalue weighted by Crippen LogP contribution is -2.01. The van der Waals surface area contributed by atoms with Crippen LogP contribution < -0.4 is 10.5 Å². The van der Waals surface area contributed by atoms with Gasteiger partial charge in [0.2, 0.25) is 5.75 Å². The van der Waals surface area contributed by atoms with Crippen LogP contribution in [0.25, 0.3) is 11.5 Å². The second-order valence-electron chi connectivity index (χ2n) is 4.25. The van der Waals surface area contributed by atoms with Crippen LogP contribution in [0, 0.1) is 10.1 Å². The van der Waals surface area contributed by atoms with Gasteiger partial charge in [0.05, 0.1) is 17.1 Å². The van der Waals surface area contributed by atoms with Gasteiger partial charge >= 0.3 is 5.69 Å². The van der Waals surface area contributed by atoms with Crippen LogP contribution in [0.1, 0.15) is 19.2 Å². The molecule has 0 saturated heterocycles. The lowest BCUT2D eigenvalue weighted by molar-refractivity contribution is -0.385. The summed E-state index contributed by atoms with van der Waals surface area (Å²) in [6, 6.07) is 4.58. The molecule has 0 fully saturated rings. The van der Waals surface area contributed by atoms with Gasteiger partial charge in [0, 0.05) is 12.5 Å². The molecule has 2 rings (SSSR count). The third kappa shape index (κ3) is 3.34. The summed E-state index contributed by atoms with van der Waals surface area (Å²) in [5.41, 5.74) is 5.72. The second-order valence-corrected chi connectivity index (χ2v) is 4.25. The second kappa shape index (κ2) is 6.80. The predicted molar refractivity (Wildman–Crippen MR) is 74.9 cm³/mol. The number of nitro benzene ring substituents is 1. The zero-order chi connectivity index (χ0) is 15.2. The van der Waals surface area contributed by atoms with E-state index in [0.717, 1.165) is 6.42 Å². The lowest BCUT2D eigenvalue weighted by Gasteiger charge is -2.07. The van der Waals surface area contributed by atoms with Crippen molar-refractivity contribution in [2.24, 2.45) is 5.73 Å². The first kappa shape index (κ1) is 14.9. The molecule has 1 aromatic heterocycles. The minimum atomic E-state index is -0.500. The Morgan fingerprint density at radius 2 is 2.29 bits per heavy atom. The molecule has 21 heavy (non-hydrogen) atoms. The molecule has 1 aromatic carbocycles. The molecule has 0 radical (unpaired) electrons. The van der Waals surface area contributed by atoms with E-state index < -0.39 is 4.92 Å². The van der Waals surface area contributed by atoms with E-state index >= 15 is 0 Å². The molecule has 0 spiro atoms. The SMILES string of the molecule is CCOc1c(-c2nc(CCCN)no2)cccc1[N+](=O)[O-]. The van der Waals surface area contributed by atoms with Gasteiger partial charge in [-0.3, -0.25) is 10.1 Å². The van der Waals surface area contributed by atoms with E-state index in [1.807, 2.05) is 0 Å². The molecule has 0 unspecified atom stereocenters. The summed E-state index contributed by atoms with van der Waals surface area (Å²) in [4.78, 5) is 14.8. The summed E-state index contributed by atoms with van der Waals surface area (Å²) in [6.07, 6.45) is 1.34. The third-order valence-electron chi connectivity index (χ3n) is 2.78. The lowest BCUT2D eigenvalue weighted by atomic mass is 10.1. The Labute approximate surface area is 121 Å². The van der Waals surface area contributed by atoms with Gasteiger partial charge in [-0.25, -0.2) is 0 Å². The average Bonchev–Trinajstić information content (AvgIpc) is 2.94. The Kier molecular flexibility index (Phi) is 4.83. The molecule has 1 heterocycles. The number of nitrogens with two attached hydrogens (primary N) is 1. The van der Waals surface area contributed by atoms with Crippen LogP contribution >= 0.6 is 0 Å². The van der Waals surface area contributed by atoms with Gasteiger partial charge in [-0.2, -0.15) is 4.98 Å². The van der Waals surface area contributed by atoms with E-state index in [1.165, 1.54) is 6.07 Å². The zero-order valence-electron chi connectivity index (χ0n) is 11.6. The third-order valence-corrected chi connectivity index (χ3v) is 2.78. The normalized spacial score (nSPS) is 10.6. The molecule has 0 aliphatic rings. The van der Waals surface area contributed by atoms with Crippen molar-refractivity contribution in [2.45, 2.75) is 19.8 Å². The van der Waals surface area contributed by atoms with Crippen molar-refractivity contribution in [3.05, 3.63) is 34.1 Å². The number of rotatable bonds is 7. The van der Waals surface area contributed by atoms with E-state index in [-0.39, 0.29) is 17.3 Å². The maximum absolute atomic E-state index is 11.1. The zero-order valence-corrected chi connectivity index (χ0v) is 11.6. The summed E-state index contributed by atoms with van der Waals surface area (Å²) in [7, 11) is 0. The molecular formula is C13H16N4O4. The Morgan fingerprint density at radius 3 is 2.95 bits per heavy atom. The minimum absolute atomic E-state index is 0.129. The molecule has 8 heteroatoms. The molecule has 0 bridgehead atoms. The summed E-state index contributed by atoms with van der Waals surface area (Å²) in [6.45, 7) is 2.58. The maximum atomic E-state index is 11.1. The number of benzene rings is 1. The highest BCUT2D eigenvalue weighted by atomic mass is 16.6. The topological polar surface area (TPSA) is 117 Å². The molecule has 8 nitrogen and oxygen atoms in total. The number of nitro groups is 1. The quantitative estimate of drug-likeness (QED) is 0.612. The van der Waals surface area contributed by atoms with Crippen molar-refractivity contribution < 1.29 is 14.2 Å². The monoisotopic (exact) mass is 292 g/mol. The van der Waals surface area contributed by atoms with Crippen LogP contribution in [-0.4, -0.2) is 28.2 Å². The first-order valence-corrected chi connectivity index (χ1v) is 6.60. The van der Waals surface area contributed by atoms with Crippen LogP contribution in [0.4, 0.5) is 5.69 Å². The van der Waals surface area contributed by atoms with Crippen LogP contribution in [0.15, 0.2) is 22.7 Å². The van der Waals surface area contributed by atoms with Gasteiger partial charge in [-0.05, 0) is 26.0 Å². The highest BCUT2D eigenvalue weighted by molar-refractivity contribution is 5.69. The molecule has 0 amide bonds. The van der Waals surface area contributed by atoms with Gasteiger partial charge in [-0.15, -0.1) is 0 Å². The smallest absolute Gasteiger partial charge is 0.311 e. The summed E-state index contributed by atoms with van der Waals surface area (Å²) < 4.78 is 10.5. The standard InChI is InChI=1S/C13H16N4O4/c1-2-20-12-9(5-3-6-10(12)17(18)19)13-15-11(16-21-13)7-4-8-14/h3,5-6H,2,4,7-8,14H2,1H3. The highest BCUT2D eigenvalue weighted by Crippen LogP contribution is 2.37. The predicted octanol–water partition coefficient (Wildman–Crippen LogP) is 1.93. The number of ether oxygens (including phenoxy) is 1. The van der Waals surface area contributed by atoms with E-state index in [0.29, 0.717) is 31.0 Å². The van der Waals surface area contributed by atoms with Crippen molar-refractivity contribution in [1.82, 2.24) is 10.1 Å². The van der Waals surface area contributed by atoms with Gasteiger partial charge < -0.3 is 15.0 Å². The molecule has 0 atom stereocenters. The van der Waals surface area contributed by atoms with E-state index in [9.17, 15) is 10.1 Å². The Bertz CT molecular complexity index is 626. The number of para-hydroxylation sites is 1. The van der Waals surface area contributed by atoms with Gasteiger partial charge in [0.1, 0.15) is 0 Å². The van der Waals surface area contributed by atoms with Crippen LogP contribution in [0.3, 0.4) is 0 Å². The van der Waals surface area contributed by atoms with Crippen molar-refractivity contribution in [3.8, 4) is 17.2 Å². The molecule has 0 saturated carbocycles. The molecule has 2 N–H and O–H groups in total. The van der Waals surface area contributed by atoms with Gasteiger partial charge in [0.25, 0.3) is 5.89 Å². The first-order chi connectivity index (χ1) is 10.2. The molecule has 2 aromatic rings. The molecule has 0 aliphatic carbocycles. The van der Waals surface area contributed by atoms with Crippen molar-refractivity contribution >= 4 is 5.69 Å². The van der Waals surface area contributed by atoms with Gasteiger partial charge in [0.15, 0.2) is 5.82 Å². The number of nitrogens with zero attached hydrogens (tertiary/aromatic N) is 3. The van der Waals surface area contributed by atoms with Crippen LogP contribution in [0.5, 0.6) is 5.75 Å². The number of aromatic nitrogens is 2. The van der Waals surface area contributed by atoms with Crippen LogP contribution in [0.2, 0.25) is 0 Å². The number of aryl methyl sites for hydroxylation is 1. The fraction of sp³-hybridized carbons (Fsp3) is 0.385. The van der Waals surface area contributed by atoms with E-state index in [2.05, 4.69) is 10.1 Å². The highest BCUT2D eigenvalue weighted by Gasteiger charge is 2.23. The summed E-state index contributed by atoms with van der Waals surface area (Å²) >= 11 is 0. The Hall–Kier alpha value is -2.48. The van der Waals surface area contributed by atoms with Crippen molar-refractivity contribution in [2.75, 3.05) is 13.2 Å². The van der Waals surface area contributed by atoms with Crippen LogP contribution in [-0.2, 0) is 6.42 Å². The average molecular weight is 292 g/mol. The number of hydrogen-bond donors (Lipinski definition) is 1. The van der Waals surface area contributed by atoms with Gasteiger partial charge in [-0.1, -0.05) is 11.2 Å². The van der Waals surface area contributed by atoms with Crippen molar-refractivity contribution in [3.63, 3.8) is 0 Å². The maximum Gasteiger partial charge on any atom is 0.311 e. The minimum Gasteiger partial charge on any atom is -0.487 e. The number of hydrogen-bond acceptors (Lipinski definition) is 7.